The molecule has 6 rings (SSSR count). The SMILES string of the molecule is O=C1CCC(N2Cc3cc(-n4cc(C(=O)N5CCn6ccnc65)nn4)ccc3C2=O)C(=O)N1. The molecule has 1 atom stereocenters. The van der Waals surface area contributed by atoms with Crippen LogP contribution in [0, 0.1) is 0 Å². The van der Waals surface area contributed by atoms with E-state index in [2.05, 4.69) is 20.6 Å². The van der Waals surface area contributed by atoms with Crippen molar-refractivity contribution in [2.45, 2.75) is 32.0 Å². The van der Waals surface area contributed by atoms with Crippen LogP contribution < -0.4 is 10.2 Å². The van der Waals surface area contributed by atoms with Crippen LogP contribution in [0.25, 0.3) is 5.69 Å². The van der Waals surface area contributed by atoms with Crippen molar-refractivity contribution in [3.63, 3.8) is 0 Å². The number of nitrogens with zero attached hydrogens (tertiary/aromatic N) is 7. The molecule has 0 saturated carbocycles. The first kappa shape index (κ1) is 19.3. The second-order valence-corrected chi connectivity index (χ2v) is 8.17. The van der Waals surface area contributed by atoms with E-state index in [1.807, 2.05) is 10.8 Å². The molecule has 12 nitrogen and oxygen atoms in total. The Kier molecular flexibility index (Phi) is 4.15. The minimum atomic E-state index is -0.672. The van der Waals surface area contributed by atoms with E-state index in [0.717, 1.165) is 5.56 Å². The molecule has 0 spiro atoms. The Bertz CT molecular complexity index is 1340. The van der Waals surface area contributed by atoms with Gasteiger partial charge in [0.05, 0.1) is 11.9 Å². The van der Waals surface area contributed by atoms with Gasteiger partial charge in [0, 0.05) is 44.0 Å². The largest absolute Gasteiger partial charge is 0.322 e. The Morgan fingerprint density at radius 3 is 2.88 bits per heavy atom. The van der Waals surface area contributed by atoms with Gasteiger partial charge in [0.2, 0.25) is 17.8 Å². The third-order valence-electron chi connectivity index (χ3n) is 6.23. The van der Waals surface area contributed by atoms with Crippen LogP contribution in [0.15, 0.2) is 36.8 Å². The van der Waals surface area contributed by atoms with E-state index in [9.17, 15) is 19.2 Å². The van der Waals surface area contributed by atoms with E-state index in [1.54, 1.807) is 35.5 Å². The molecule has 0 aliphatic carbocycles. The van der Waals surface area contributed by atoms with Crippen molar-refractivity contribution < 1.29 is 19.2 Å². The minimum Gasteiger partial charge on any atom is -0.322 e. The fraction of sp³-hybridized carbons (Fsp3) is 0.286. The molecule has 0 bridgehead atoms. The fourth-order valence-electron chi connectivity index (χ4n) is 4.55. The van der Waals surface area contributed by atoms with Gasteiger partial charge in [-0.05, 0) is 30.2 Å². The second kappa shape index (κ2) is 7.08. The highest BCUT2D eigenvalue weighted by atomic mass is 16.2. The normalized spacial score (nSPS) is 19.6. The lowest BCUT2D eigenvalue weighted by atomic mass is 10.0. The Morgan fingerprint density at radius 1 is 1.15 bits per heavy atom. The summed E-state index contributed by atoms with van der Waals surface area (Å²) < 4.78 is 3.38. The zero-order valence-electron chi connectivity index (χ0n) is 17.3. The molecule has 4 amide bonds. The number of imidazole rings is 1. The van der Waals surface area contributed by atoms with Crippen LogP contribution in [0.3, 0.4) is 0 Å². The maximum absolute atomic E-state index is 12.9. The first-order chi connectivity index (χ1) is 16.0. The van der Waals surface area contributed by atoms with E-state index >= 15 is 0 Å². The second-order valence-electron chi connectivity index (χ2n) is 8.17. The summed E-state index contributed by atoms with van der Waals surface area (Å²) in [6, 6.07) is 4.52. The molecular weight excluding hydrogens is 428 g/mol. The summed E-state index contributed by atoms with van der Waals surface area (Å²) in [5.74, 6) is -0.720. The number of fused-ring (bicyclic) bond motifs is 2. The van der Waals surface area contributed by atoms with E-state index in [0.29, 0.717) is 36.7 Å². The number of hydrogen-bond donors (Lipinski definition) is 1. The molecule has 1 unspecified atom stereocenters. The zero-order valence-corrected chi connectivity index (χ0v) is 17.3. The average molecular weight is 446 g/mol. The van der Waals surface area contributed by atoms with Crippen molar-refractivity contribution >= 4 is 29.6 Å². The van der Waals surface area contributed by atoms with Crippen molar-refractivity contribution in [2.24, 2.45) is 0 Å². The number of anilines is 1. The van der Waals surface area contributed by atoms with Crippen molar-refractivity contribution in [3.8, 4) is 5.69 Å². The molecule has 12 heteroatoms. The molecule has 2 aromatic heterocycles. The van der Waals surface area contributed by atoms with E-state index in [4.69, 9.17) is 0 Å². The van der Waals surface area contributed by atoms with E-state index in [1.165, 1.54) is 9.58 Å². The molecule has 33 heavy (non-hydrogen) atoms. The smallest absolute Gasteiger partial charge is 0.282 e. The lowest BCUT2D eigenvalue weighted by Gasteiger charge is -2.29. The molecule has 5 heterocycles. The van der Waals surface area contributed by atoms with Crippen molar-refractivity contribution in [1.29, 1.82) is 0 Å². The third-order valence-corrected chi connectivity index (χ3v) is 6.23. The molecule has 166 valence electrons. The third kappa shape index (κ3) is 3.02. The predicted octanol–water partition coefficient (Wildman–Crippen LogP) is -0.115. The molecule has 1 aromatic carbocycles. The van der Waals surface area contributed by atoms with E-state index in [-0.39, 0.29) is 36.4 Å². The summed E-state index contributed by atoms with van der Waals surface area (Å²) >= 11 is 0. The van der Waals surface area contributed by atoms with Crippen LogP contribution in [0.4, 0.5) is 5.95 Å². The van der Waals surface area contributed by atoms with Crippen molar-refractivity contribution in [1.82, 2.24) is 34.8 Å². The summed E-state index contributed by atoms with van der Waals surface area (Å²) in [6.07, 6.45) is 5.53. The summed E-state index contributed by atoms with van der Waals surface area (Å²) in [7, 11) is 0. The lowest BCUT2D eigenvalue weighted by Crippen LogP contribution is -2.52. The van der Waals surface area contributed by atoms with Crippen LogP contribution in [-0.2, 0) is 22.7 Å². The van der Waals surface area contributed by atoms with Gasteiger partial charge in [0.15, 0.2) is 5.69 Å². The first-order valence-corrected chi connectivity index (χ1v) is 10.5. The molecular formula is C21H18N8O4. The molecule has 3 aliphatic heterocycles. The Morgan fingerprint density at radius 2 is 2.03 bits per heavy atom. The summed E-state index contributed by atoms with van der Waals surface area (Å²) in [5, 5.41) is 10.4. The molecule has 3 aliphatic rings. The van der Waals surface area contributed by atoms with Crippen LogP contribution in [-0.4, -0.2) is 65.7 Å². The minimum absolute atomic E-state index is 0.188. The lowest BCUT2D eigenvalue weighted by molar-refractivity contribution is -0.136. The topological polar surface area (TPSA) is 135 Å². The van der Waals surface area contributed by atoms with Gasteiger partial charge in [-0.15, -0.1) is 5.10 Å². The number of amides is 4. The molecule has 1 saturated heterocycles. The average Bonchev–Trinajstić information content (AvgIpc) is 3.57. The first-order valence-electron chi connectivity index (χ1n) is 10.5. The highest BCUT2D eigenvalue weighted by molar-refractivity contribution is 6.05. The molecule has 3 aromatic rings. The van der Waals surface area contributed by atoms with E-state index < -0.39 is 11.9 Å². The van der Waals surface area contributed by atoms with Crippen LogP contribution in [0.1, 0.15) is 39.3 Å². The van der Waals surface area contributed by atoms with Crippen molar-refractivity contribution in [3.05, 3.63) is 53.6 Å². The number of carbonyl (C=O) groups is 4. The number of imide groups is 1. The summed E-state index contributed by atoms with van der Waals surface area (Å²) in [4.78, 5) is 56.7. The monoisotopic (exact) mass is 446 g/mol. The number of piperidine rings is 1. The number of benzene rings is 1. The number of rotatable bonds is 3. The standard InChI is InChI=1S/C21H18N8O4/c30-17-4-3-16(18(31)23-17)28-10-12-9-13(1-2-14(12)19(28)32)29-11-15(24-25-29)20(33)27-8-7-26-6-5-22-21(26)27/h1-2,5-6,9,11,16H,3-4,7-8,10H2,(H,23,30,31). The van der Waals surface area contributed by atoms with Gasteiger partial charge in [0.1, 0.15) is 6.04 Å². The Balaban J connectivity index is 1.23. The number of nitrogens with one attached hydrogen (secondary N) is 1. The predicted molar refractivity (Wildman–Crippen MR) is 111 cm³/mol. The van der Waals surface area contributed by atoms with Gasteiger partial charge < -0.3 is 9.47 Å². The van der Waals surface area contributed by atoms with Gasteiger partial charge in [-0.25, -0.2) is 9.67 Å². The van der Waals surface area contributed by atoms with Gasteiger partial charge in [-0.2, -0.15) is 0 Å². The Labute approximate surface area is 186 Å². The maximum atomic E-state index is 12.9. The quantitative estimate of drug-likeness (QED) is 0.554. The van der Waals surface area contributed by atoms with Gasteiger partial charge in [-0.3, -0.25) is 29.4 Å². The van der Waals surface area contributed by atoms with Gasteiger partial charge in [-0.1, -0.05) is 5.21 Å². The van der Waals surface area contributed by atoms with Gasteiger partial charge in [0.25, 0.3) is 11.8 Å². The molecule has 1 N–H and O–H groups in total. The van der Waals surface area contributed by atoms with Crippen LogP contribution >= 0.6 is 0 Å². The Hall–Kier alpha value is -4.35. The van der Waals surface area contributed by atoms with Gasteiger partial charge >= 0.3 is 0 Å². The fourth-order valence-corrected chi connectivity index (χ4v) is 4.55. The number of hydrogen-bond acceptors (Lipinski definition) is 7. The maximum Gasteiger partial charge on any atom is 0.282 e. The van der Waals surface area contributed by atoms with Crippen LogP contribution in [0.5, 0.6) is 0 Å². The highest BCUT2D eigenvalue weighted by Crippen LogP contribution is 2.29. The number of carbonyl (C=O) groups excluding carboxylic acids is 4. The molecule has 0 radical (unpaired) electrons. The summed E-state index contributed by atoms with van der Waals surface area (Å²) in [5.41, 5.74) is 2.07. The van der Waals surface area contributed by atoms with Crippen molar-refractivity contribution in [2.75, 3.05) is 11.4 Å². The highest BCUT2D eigenvalue weighted by Gasteiger charge is 2.39. The molecule has 1 fully saturated rings. The van der Waals surface area contributed by atoms with Crippen LogP contribution in [0.2, 0.25) is 0 Å². The zero-order chi connectivity index (χ0) is 22.7. The summed E-state index contributed by atoms with van der Waals surface area (Å²) in [6.45, 7) is 1.45. The number of aromatic nitrogens is 5.